The molecule has 2 spiro atoms. The number of nitrogens with zero attached hydrogens (tertiary/aromatic N) is 3. The predicted molar refractivity (Wildman–Crippen MR) is 223 cm³/mol. The van der Waals surface area contributed by atoms with Gasteiger partial charge in [-0.3, -0.25) is 19.4 Å². The Labute approximate surface area is 350 Å². The number of benzene rings is 2. The molecule has 3 aromatic rings. The van der Waals surface area contributed by atoms with Gasteiger partial charge in [-0.05, 0) is 80.7 Å². The van der Waals surface area contributed by atoms with Crippen molar-refractivity contribution in [2.24, 2.45) is 11.3 Å². The molecule has 2 aliphatic carbocycles. The number of rotatable bonds is 7. The third-order valence-electron chi connectivity index (χ3n) is 16.8. The molecule has 320 valence electrons. The standard InChI is InChI=1S/C47H58N4O9/c1-8-42(55)23-28-24-44(25-28)46(40(53)58-6,36-30(15-19-51(44)26-42)29-13-10-11-14-33(29)48-36)32-21-31-34(22-35(32)57-5)49(4)38-45(31)17-20-50-18-12-16-43(9-2,37(45)50)39(60-27(3)52)47(38,56)41(54)59-7/h10-14,16,21-22,28,37-39,48,55-56H,8-9,15,17-20,23-26H2,1-7H3/t28?,37-,38?,39?,42-,43+,44?,45?,46?,47?/m0/s1. The molecular formula is C47H58N4O9. The van der Waals surface area contributed by atoms with Gasteiger partial charge in [0.05, 0.1) is 33.0 Å². The molecule has 6 aliphatic heterocycles. The van der Waals surface area contributed by atoms with Crippen LogP contribution in [0.25, 0.3) is 10.9 Å². The lowest BCUT2D eigenvalue weighted by Gasteiger charge is -2.63. The summed E-state index contributed by atoms with van der Waals surface area (Å²) >= 11 is 0. The van der Waals surface area contributed by atoms with E-state index in [1.807, 2.05) is 44.0 Å². The number of anilines is 1. The molecule has 2 saturated carbocycles. The van der Waals surface area contributed by atoms with E-state index in [9.17, 15) is 19.8 Å². The Hall–Kier alpha value is -4.43. The van der Waals surface area contributed by atoms with Crippen LogP contribution >= 0.6 is 0 Å². The van der Waals surface area contributed by atoms with E-state index in [1.54, 1.807) is 7.11 Å². The molecule has 13 nitrogen and oxygen atoms in total. The van der Waals surface area contributed by atoms with Crippen LogP contribution in [-0.2, 0) is 45.8 Å². The van der Waals surface area contributed by atoms with Crippen molar-refractivity contribution in [3.05, 3.63) is 70.9 Å². The number of aromatic amines is 1. The third kappa shape index (κ3) is 4.49. The van der Waals surface area contributed by atoms with Crippen molar-refractivity contribution >= 4 is 34.5 Å². The molecule has 3 saturated heterocycles. The van der Waals surface area contributed by atoms with E-state index in [-0.39, 0.29) is 12.0 Å². The van der Waals surface area contributed by atoms with Crippen molar-refractivity contribution in [2.75, 3.05) is 59.5 Å². The number of β-amino-alcohol motifs (C(OH)–C–C–N with tert-alkyl or cyclic N) is 1. The maximum Gasteiger partial charge on any atom is 0.344 e. The van der Waals surface area contributed by atoms with Crippen LogP contribution in [0.4, 0.5) is 5.69 Å². The Morgan fingerprint density at radius 1 is 0.933 bits per heavy atom. The molecule has 8 atom stereocenters. The van der Waals surface area contributed by atoms with Crippen LogP contribution in [0, 0.1) is 11.3 Å². The maximum absolute atomic E-state index is 15.7. The number of hydrogen-bond donors (Lipinski definition) is 3. The minimum atomic E-state index is -2.30. The first-order chi connectivity index (χ1) is 28.7. The van der Waals surface area contributed by atoms with Gasteiger partial charge in [-0.1, -0.05) is 44.2 Å². The second-order valence-corrected chi connectivity index (χ2v) is 19.0. The molecule has 2 aromatic carbocycles. The summed E-state index contributed by atoms with van der Waals surface area (Å²) in [5, 5.41) is 26.6. The Morgan fingerprint density at radius 2 is 1.68 bits per heavy atom. The molecule has 1 aromatic heterocycles. The van der Waals surface area contributed by atoms with Gasteiger partial charge < -0.3 is 39.0 Å². The first kappa shape index (κ1) is 39.7. The first-order valence-corrected chi connectivity index (χ1v) is 21.7. The second kappa shape index (κ2) is 13.0. The van der Waals surface area contributed by atoms with Crippen molar-refractivity contribution in [3.8, 4) is 5.75 Å². The molecule has 0 amide bonds. The quantitative estimate of drug-likeness (QED) is 0.179. The van der Waals surface area contributed by atoms with Crippen LogP contribution in [0.2, 0.25) is 0 Å². The van der Waals surface area contributed by atoms with Crippen LogP contribution in [0.15, 0.2) is 48.6 Å². The number of fused-ring (bicyclic) bond motifs is 6. The molecule has 3 N–H and O–H groups in total. The summed E-state index contributed by atoms with van der Waals surface area (Å²) in [5.74, 6) is -1.24. The highest BCUT2D eigenvalue weighted by molar-refractivity contribution is 5.97. The van der Waals surface area contributed by atoms with E-state index in [0.29, 0.717) is 82.4 Å². The number of esters is 3. The summed E-state index contributed by atoms with van der Waals surface area (Å²) in [6.07, 6.45) is 7.12. The van der Waals surface area contributed by atoms with Gasteiger partial charge in [0, 0.05) is 89.9 Å². The van der Waals surface area contributed by atoms with Crippen LogP contribution in [0.1, 0.15) is 81.7 Å². The molecule has 2 bridgehead atoms. The third-order valence-corrected chi connectivity index (χ3v) is 16.8. The van der Waals surface area contributed by atoms with Gasteiger partial charge in [0.1, 0.15) is 5.75 Å². The van der Waals surface area contributed by atoms with Gasteiger partial charge in [-0.15, -0.1) is 0 Å². The zero-order valence-corrected chi connectivity index (χ0v) is 35.8. The minimum Gasteiger partial charge on any atom is -0.496 e. The van der Waals surface area contributed by atoms with Crippen LogP contribution in [0.5, 0.6) is 5.75 Å². The highest BCUT2D eigenvalue weighted by atomic mass is 16.6. The monoisotopic (exact) mass is 822 g/mol. The molecule has 5 fully saturated rings. The second-order valence-electron chi connectivity index (χ2n) is 19.0. The van der Waals surface area contributed by atoms with E-state index in [4.69, 9.17) is 18.9 Å². The molecule has 60 heavy (non-hydrogen) atoms. The van der Waals surface area contributed by atoms with E-state index in [1.165, 1.54) is 21.1 Å². The fourth-order valence-corrected chi connectivity index (χ4v) is 14.7. The summed E-state index contributed by atoms with van der Waals surface area (Å²) in [5.41, 5.74) is -2.38. The molecule has 7 heterocycles. The van der Waals surface area contributed by atoms with E-state index in [2.05, 4.69) is 45.1 Å². The van der Waals surface area contributed by atoms with Gasteiger partial charge in [-0.2, -0.15) is 0 Å². The average molecular weight is 823 g/mol. The largest absolute Gasteiger partial charge is 0.496 e. The normalized spacial score (nSPS) is 38.6. The van der Waals surface area contributed by atoms with E-state index >= 15 is 4.79 Å². The summed E-state index contributed by atoms with van der Waals surface area (Å²) < 4.78 is 24.2. The van der Waals surface area contributed by atoms with Crippen LogP contribution in [0.3, 0.4) is 0 Å². The number of aromatic nitrogens is 1. The predicted octanol–water partition coefficient (Wildman–Crippen LogP) is 4.13. The number of carbonyl (C=O) groups is 3. The topological polar surface area (TPSA) is 154 Å². The minimum absolute atomic E-state index is 0.179. The average Bonchev–Trinajstić information content (AvgIpc) is 3.80. The molecular weight excluding hydrogens is 765 g/mol. The summed E-state index contributed by atoms with van der Waals surface area (Å²) in [6, 6.07) is 11.1. The summed E-state index contributed by atoms with van der Waals surface area (Å²) in [7, 11) is 6.22. The highest BCUT2D eigenvalue weighted by Crippen LogP contribution is 2.70. The SMILES string of the molecule is CC[C@]1(O)CC2CC3(C2)N(CCc2c([nH]c4ccccc24)C3(C(=O)OC)c2cc3c(cc2OC)N(C)C2C(O)(C(=O)OC)C(OC(C)=O)[C@]4(CC)C=CCN5CCC32[C@@H]54)C1. The van der Waals surface area contributed by atoms with E-state index in [0.717, 1.165) is 33.4 Å². The van der Waals surface area contributed by atoms with Crippen molar-refractivity contribution in [1.82, 2.24) is 14.8 Å². The Kier molecular flexibility index (Phi) is 8.63. The fraction of sp³-hybridized carbons (Fsp3) is 0.596. The lowest BCUT2D eigenvalue weighted by molar-refractivity contribution is -0.228. The highest BCUT2D eigenvalue weighted by Gasteiger charge is 2.81. The summed E-state index contributed by atoms with van der Waals surface area (Å²) in [6.45, 7) is 7.73. The lowest BCUT2D eigenvalue weighted by atomic mass is 9.47. The van der Waals surface area contributed by atoms with Gasteiger partial charge in [0.2, 0.25) is 5.60 Å². The first-order valence-electron chi connectivity index (χ1n) is 21.7. The maximum atomic E-state index is 15.7. The van der Waals surface area contributed by atoms with E-state index < -0.39 is 63.0 Å². The number of likely N-dealkylation sites (N-methyl/N-ethyl adjacent to an activating group) is 1. The summed E-state index contributed by atoms with van der Waals surface area (Å²) in [4.78, 5) is 53.8. The van der Waals surface area contributed by atoms with Gasteiger partial charge in [0.15, 0.2) is 11.5 Å². The number of ether oxygens (including phenoxy) is 4. The van der Waals surface area contributed by atoms with Gasteiger partial charge in [0.25, 0.3) is 0 Å². The van der Waals surface area contributed by atoms with Crippen molar-refractivity contribution in [1.29, 1.82) is 0 Å². The number of carbonyl (C=O) groups excluding carboxylic acids is 3. The zero-order chi connectivity index (χ0) is 42.4. The zero-order valence-electron chi connectivity index (χ0n) is 35.8. The number of para-hydroxylation sites is 1. The van der Waals surface area contributed by atoms with Gasteiger partial charge in [-0.25, -0.2) is 4.79 Å². The Bertz CT molecular complexity index is 2350. The molecule has 13 heteroatoms. The van der Waals surface area contributed by atoms with Crippen LogP contribution in [-0.4, -0.2) is 132 Å². The van der Waals surface area contributed by atoms with Crippen LogP contribution < -0.4 is 9.64 Å². The molecule has 8 aliphatic rings. The Morgan fingerprint density at radius 3 is 2.37 bits per heavy atom. The number of methoxy groups -OCH3 is 3. The fourth-order valence-electron chi connectivity index (χ4n) is 14.7. The number of hydrogen-bond acceptors (Lipinski definition) is 12. The molecule has 5 unspecified atom stereocenters. The Balaban J connectivity index is 1.31. The number of nitrogens with one attached hydrogen (secondary N) is 1. The van der Waals surface area contributed by atoms with Gasteiger partial charge >= 0.3 is 17.9 Å². The molecule has 11 rings (SSSR count). The van der Waals surface area contributed by atoms with Crippen molar-refractivity contribution < 1.29 is 43.5 Å². The number of aliphatic hydroxyl groups is 2. The molecule has 0 radical (unpaired) electrons. The van der Waals surface area contributed by atoms with Crippen molar-refractivity contribution in [2.45, 2.75) is 111 Å². The van der Waals surface area contributed by atoms with Crippen molar-refractivity contribution in [3.63, 3.8) is 0 Å². The smallest absolute Gasteiger partial charge is 0.344 e. The number of H-pyrrole nitrogens is 1. The lowest BCUT2D eigenvalue weighted by Crippen LogP contribution is -2.81.